The Balaban J connectivity index is 1.25. The summed E-state index contributed by atoms with van der Waals surface area (Å²) < 4.78 is 35.8. The van der Waals surface area contributed by atoms with E-state index >= 15 is 0 Å². The molecular weight excluding hydrogens is 562 g/mol. The molecule has 39 heavy (non-hydrogen) atoms. The quantitative estimate of drug-likeness (QED) is 0.434. The van der Waals surface area contributed by atoms with Crippen LogP contribution >= 0.6 is 22.9 Å². The van der Waals surface area contributed by atoms with Gasteiger partial charge in [0.25, 0.3) is 15.9 Å². The fraction of sp³-hybridized carbons (Fsp3) is 0.500. The van der Waals surface area contributed by atoms with Crippen LogP contribution in [0.1, 0.15) is 41.4 Å². The monoisotopic (exact) mass is 591 g/mol. The number of benzene rings is 1. The van der Waals surface area contributed by atoms with E-state index in [0.29, 0.717) is 43.3 Å². The molecule has 2 amide bonds. The van der Waals surface area contributed by atoms with Crippen molar-refractivity contribution in [2.45, 2.75) is 42.5 Å². The van der Waals surface area contributed by atoms with Gasteiger partial charge in [-0.15, -0.1) is 11.3 Å². The normalized spacial score (nSPS) is 21.2. The number of likely N-dealkylation sites (tertiary alicyclic amines) is 1. The number of aromatic nitrogens is 1. The standard InChI is InChI=1S/C26H30ClN5O5S2/c1-29-9-7-20-21(16-29)37-25(28-20)26(34)32-12-11-31(15-19(32)6-10-30-8-2-3-23(30)33)39(35,36)24-13-17-4-5-18(27)14-22(17)38-24/h4-5,13-14,19H,2-3,6-12,15-16H2,1H3. The van der Waals surface area contributed by atoms with Crippen LogP contribution in [0.4, 0.5) is 0 Å². The molecule has 0 aliphatic carbocycles. The molecule has 13 heteroatoms. The average molecular weight is 592 g/mol. The Morgan fingerprint density at radius 3 is 2.82 bits per heavy atom. The highest BCUT2D eigenvalue weighted by Crippen LogP contribution is 2.34. The largest absolute Gasteiger partial charge is 0.436 e. The second-order valence-corrected chi connectivity index (χ2v) is 14.1. The topological polar surface area (TPSA) is 107 Å². The van der Waals surface area contributed by atoms with E-state index in [2.05, 4.69) is 9.88 Å². The molecule has 2 saturated heterocycles. The van der Waals surface area contributed by atoms with Gasteiger partial charge in [0.1, 0.15) is 9.97 Å². The maximum absolute atomic E-state index is 13.7. The Morgan fingerprint density at radius 1 is 1.18 bits per heavy atom. The van der Waals surface area contributed by atoms with Crippen molar-refractivity contribution in [3.05, 3.63) is 46.6 Å². The molecule has 0 bridgehead atoms. The molecule has 2 fully saturated rings. The highest BCUT2D eigenvalue weighted by atomic mass is 35.5. The summed E-state index contributed by atoms with van der Waals surface area (Å²) in [6.45, 7) is 3.10. The lowest BCUT2D eigenvalue weighted by Crippen LogP contribution is -2.57. The number of nitrogens with zero attached hydrogens (tertiary/aromatic N) is 5. The smallest absolute Gasteiger partial charge is 0.310 e. The van der Waals surface area contributed by atoms with Gasteiger partial charge in [0.15, 0.2) is 0 Å². The second-order valence-electron chi connectivity index (χ2n) is 10.4. The van der Waals surface area contributed by atoms with Crippen molar-refractivity contribution in [3.8, 4) is 0 Å². The van der Waals surface area contributed by atoms with Crippen LogP contribution < -0.4 is 0 Å². The van der Waals surface area contributed by atoms with E-state index in [1.165, 1.54) is 15.6 Å². The zero-order chi connectivity index (χ0) is 27.3. The molecule has 3 aromatic rings. The number of carbonyl (C=O) groups is 2. The van der Waals surface area contributed by atoms with Crippen molar-refractivity contribution in [2.75, 3.05) is 46.3 Å². The lowest BCUT2D eigenvalue weighted by Gasteiger charge is -2.40. The predicted molar refractivity (Wildman–Crippen MR) is 147 cm³/mol. The average Bonchev–Trinajstić information content (AvgIpc) is 3.64. The summed E-state index contributed by atoms with van der Waals surface area (Å²) in [5.74, 6) is 0.521. The number of amides is 2. The van der Waals surface area contributed by atoms with Gasteiger partial charge < -0.3 is 14.2 Å². The lowest BCUT2D eigenvalue weighted by atomic mass is 10.1. The van der Waals surface area contributed by atoms with Gasteiger partial charge >= 0.3 is 5.91 Å². The van der Waals surface area contributed by atoms with Gasteiger partial charge in [0.2, 0.25) is 5.91 Å². The lowest BCUT2D eigenvalue weighted by molar-refractivity contribution is -0.127. The van der Waals surface area contributed by atoms with Crippen molar-refractivity contribution in [1.82, 2.24) is 24.0 Å². The number of likely N-dealkylation sites (N-methyl/N-ethyl adjacent to an activating group) is 1. The number of hydrogen-bond acceptors (Lipinski definition) is 8. The number of rotatable bonds is 6. The number of hydrogen-bond donors (Lipinski definition) is 0. The van der Waals surface area contributed by atoms with E-state index in [4.69, 9.17) is 16.0 Å². The fourth-order valence-corrected chi connectivity index (χ4v) is 8.88. The van der Waals surface area contributed by atoms with Crippen molar-refractivity contribution >= 4 is 54.9 Å². The minimum absolute atomic E-state index is 0.0511. The van der Waals surface area contributed by atoms with Crippen LogP contribution in [0.2, 0.25) is 5.02 Å². The molecule has 6 rings (SSSR count). The van der Waals surface area contributed by atoms with Crippen LogP contribution in [0.5, 0.6) is 0 Å². The Morgan fingerprint density at radius 2 is 2.03 bits per heavy atom. The Kier molecular flexibility index (Phi) is 7.17. The van der Waals surface area contributed by atoms with E-state index < -0.39 is 16.1 Å². The molecule has 0 spiro atoms. The third kappa shape index (κ3) is 5.20. The molecule has 2 aromatic heterocycles. The van der Waals surface area contributed by atoms with Crippen molar-refractivity contribution in [1.29, 1.82) is 0 Å². The first kappa shape index (κ1) is 26.7. The summed E-state index contributed by atoms with van der Waals surface area (Å²) in [5.41, 5.74) is 0.807. The minimum atomic E-state index is -3.79. The summed E-state index contributed by atoms with van der Waals surface area (Å²) in [6.07, 6.45) is 2.53. The van der Waals surface area contributed by atoms with Gasteiger partial charge in [-0.25, -0.2) is 13.4 Å². The third-order valence-corrected chi connectivity index (χ3v) is 11.4. The summed E-state index contributed by atoms with van der Waals surface area (Å²) in [6, 6.07) is 6.57. The van der Waals surface area contributed by atoms with Gasteiger partial charge in [-0.3, -0.25) is 14.5 Å². The first-order valence-electron chi connectivity index (χ1n) is 13.1. The molecule has 0 N–H and O–H groups in total. The molecule has 0 radical (unpaired) electrons. The van der Waals surface area contributed by atoms with Crippen molar-refractivity contribution in [2.24, 2.45) is 0 Å². The van der Waals surface area contributed by atoms with Gasteiger partial charge in [0, 0.05) is 67.9 Å². The number of fused-ring (bicyclic) bond motifs is 2. The van der Waals surface area contributed by atoms with Crippen molar-refractivity contribution < 1.29 is 22.4 Å². The van der Waals surface area contributed by atoms with E-state index in [-0.39, 0.29) is 41.5 Å². The minimum Gasteiger partial charge on any atom is -0.436 e. The van der Waals surface area contributed by atoms with E-state index in [9.17, 15) is 18.0 Å². The van der Waals surface area contributed by atoms with Gasteiger partial charge in [-0.1, -0.05) is 17.7 Å². The maximum Gasteiger partial charge on any atom is 0.310 e. The number of oxazole rings is 1. The Labute approximate surface area is 236 Å². The summed E-state index contributed by atoms with van der Waals surface area (Å²) in [4.78, 5) is 36.0. The summed E-state index contributed by atoms with van der Waals surface area (Å²) in [5, 5.41) is 1.37. The molecule has 1 unspecified atom stereocenters. The van der Waals surface area contributed by atoms with Crippen LogP contribution in [0.3, 0.4) is 0 Å². The van der Waals surface area contributed by atoms with Crippen molar-refractivity contribution in [3.63, 3.8) is 0 Å². The van der Waals surface area contributed by atoms with Crippen LogP contribution in [0, 0.1) is 0 Å². The molecule has 10 nitrogen and oxygen atoms in total. The summed E-state index contributed by atoms with van der Waals surface area (Å²) in [7, 11) is -1.80. The Bertz CT molecular complexity index is 1540. The zero-order valence-corrected chi connectivity index (χ0v) is 24.0. The SMILES string of the molecule is CN1CCc2nc(C(=O)N3CCN(S(=O)(=O)c4cc5ccc(Cl)cc5s4)CC3CCN3CCCC3=O)oc2C1. The maximum atomic E-state index is 13.7. The van der Waals surface area contributed by atoms with E-state index in [1.807, 2.05) is 13.1 Å². The first-order valence-corrected chi connectivity index (χ1v) is 15.8. The number of piperazine rings is 1. The van der Waals surface area contributed by atoms with Gasteiger partial charge in [-0.2, -0.15) is 4.31 Å². The highest BCUT2D eigenvalue weighted by molar-refractivity contribution is 7.91. The van der Waals surface area contributed by atoms with E-state index in [0.717, 1.165) is 35.2 Å². The molecule has 208 valence electrons. The Hall–Kier alpha value is -2.51. The molecular formula is C26H30ClN5O5S2. The summed E-state index contributed by atoms with van der Waals surface area (Å²) >= 11 is 7.30. The fourth-order valence-electron chi connectivity index (χ4n) is 5.58. The second kappa shape index (κ2) is 10.5. The number of sulfonamides is 1. The molecule has 5 heterocycles. The predicted octanol–water partition coefficient (Wildman–Crippen LogP) is 3.06. The highest BCUT2D eigenvalue weighted by Gasteiger charge is 2.39. The molecule has 1 aromatic carbocycles. The number of halogens is 1. The molecule has 3 aliphatic heterocycles. The third-order valence-electron chi connectivity index (χ3n) is 7.77. The van der Waals surface area contributed by atoms with Crippen LogP contribution in [-0.2, 0) is 27.8 Å². The first-order chi connectivity index (χ1) is 18.7. The molecule has 0 saturated carbocycles. The van der Waals surface area contributed by atoms with Crippen LogP contribution in [-0.4, -0.2) is 96.6 Å². The van der Waals surface area contributed by atoms with Crippen LogP contribution in [0.25, 0.3) is 10.1 Å². The van der Waals surface area contributed by atoms with Crippen LogP contribution in [0.15, 0.2) is 32.9 Å². The molecule has 1 atom stereocenters. The van der Waals surface area contributed by atoms with Gasteiger partial charge in [0.05, 0.1) is 12.2 Å². The molecule has 3 aliphatic rings. The van der Waals surface area contributed by atoms with Gasteiger partial charge in [-0.05, 0) is 43.5 Å². The number of thiophene rings is 1. The van der Waals surface area contributed by atoms with E-state index in [1.54, 1.807) is 28.0 Å². The zero-order valence-electron chi connectivity index (χ0n) is 21.6. The number of carbonyl (C=O) groups excluding carboxylic acids is 2.